The summed E-state index contributed by atoms with van der Waals surface area (Å²) in [4.78, 5) is 0. The van der Waals surface area contributed by atoms with Gasteiger partial charge in [0.1, 0.15) is 0 Å². The molecule has 0 amide bonds. The fraction of sp³-hybridized carbons (Fsp3) is 0.733. The molecular formula is C15H25Cl2NS. The first-order valence-electron chi connectivity index (χ1n) is 7.37. The number of unbranched alkanes of at least 4 members (excludes halogenated alkanes) is 5. The minimum absolute atomic E-state index is 0.354. The van der Waals surface area contributed by atoms with Crippen molar-refractivity contribution in [2.24, 2.45) is 0 Å². The first-order chi connectivity index (χ1) is 9.19. The predicted molar refractivity (Wildman–Crippen MR) is 88.7 cm³/mol. The molecule has 0 saturated carbocycles. The topological polar surface area (TPSA) is 12.0 Å². The van der Waals surface area contributed by atoms with E-state index in [1.807, 2.05) is 6.07 Å². The smallest absolute Gasteiger partial charge is 0.0991 e. The maximum Gasteiger partial charge on any atom is 0.0991 e. The molecule has 4 heteroatoms. The van der Waals surface area contributed by atoms with Gasteiger partial charge in [0, 0.05) is 11.6 Å². The van der Waals surface area contributed by atoms with Gasteiger partial charge in [-0.3, -0.25) is 0 Å². The number of nitrogens with one attached hydrogen (secondary N) is 1. The average molecular weight is 322 g/mol. The largest absolute Gasteiger partial charge is 0.310 e. The summed E-state index contributed by atoms with van der Waals surface area (Å²) >= 11 is 13.8. The van der Waals surface area contributed by atoms with Gasteiger partial charge in [0.15, 0.2) is 0 Å². The van der Waals surface area contributed by atoms with Crippen LogP contribution in [0.4, 0.5) is 0 Å². The Morgan fingerprint density at radius 3 is 2.37 bits per heavy atom. The van der Waals surface area contributed by atoms with Gasteiger partial charge in [-0.15, -0.1) is 11.3 Å². The normalized spacial score (nSPS) is 12.8. The minimum Gasteiger partial charge on any atom is -0.310 e. The Hall–Kier alpha value is 0.240. The third kappa shape index (κ3) is 6.48. The van der Waals surface area contributed by atoms with Crippen molar-refractivity contribution >= 4 is 34.5 Å². The first kappa shape index (κ1) is 17.3. The summed E-state index contributed by atoms with van der Waals surface area (Å²) in [5, 5.41) is 3.52. The molecule has 0 aliphatic carbocycles. The monoisotopic (exact) mass is 321 g/mol. The van der Waals surface area contributed by atoms with Crippen LogP contribution < -0.4 is 5.32 Å². The number of halogens is 2. The van der Waals surface area contributed by atoms with E-state index < -0.39 is 0 Å². The minimum atomic E-state index is 0.354. The van der Waals surface area contributed by atoms with Crippen LogP contribution in [0.25, 0.3) is 0 Å². The van der Waals surface area contributed by atoms with Crippen LogP contribution in [-0.2, 0) is 0 Å². The zero-order valence-electron chi connectivity index (χ0n) is 12.0. The van der Waals surface area contributed by atoms with Gasteiger partial charge in [0.05, 0.1) is 8.67 Å². The molecule has 0 saturated heterocycles. The Balaban J connectivity index is 2.38. The summed E-state index contributed by atoms with van der Waals surface area (Å²) in [5.74, 6) is 0. The molecule has 0 spiro atoms. The molecule has 1 atom stereocenters. The van der Waals surface area contributed by atoms with Gasteiger partial charge in [-0.2, -0.15) is 0 Å². The van der Waals surface area contributed by atoms with Crippen molar-refractivity contribution in [2.75, 3.05) is 6.54 Å². The molecule has 1 N–H and O–H groups in total. The highest BCUT2D eigenvalue weighted by atomic mass is 35.5. The second kappa shape index (κ2) is 10.0. The van der Waals surface area contributed by atoms with Gasteiger partial charge < -0.3 is 5.32 Å². The second-order valence-corrected chi connectivity index (χ2v) is 7.23. The van der Waals surface area contributed by atoms with Gasteiger partial charge in [0.2, 0.25) is 0 Å². The molecule has 0 aliphatic rings. The quantitative estimate of drug-likeness (QED) is 0.488. The van der Waals surface area contributed by atoms with Crippen molar-refractivity contribution in [1.82, 2.24) is 5.32 Å². The lowest BCUT2D eigenvalue weighted by Gasteiger charge is -2.17. The summed E-state index contributed by atoms with van der Waals surface area (Å²) in [6, 6.07) is 2.37. The molecule has 0 aliphatic heterocycles. The lowest BCUT2D eigenvalue weighted by Crippen LogP contribution is -2.20. The molecule has 0 fully saturated rings. The van der Waals surface area contributed by atoms with E-state index in [9.17, 15) is 0 Å². The highest BCUT2D eigenvalue weighted by Crippen LogP contribution is 2.36. The molecule has 19 heavy (non-hydrogen) atoms. The molecule has 1 rings (SSSR count). The molecule has 110 valence electrons. The first-order valence-corrected chi connectivity index (χ1v) is 8.94. The maximum absolute atomic E-state index is 6.25. The Labute approximate surface area is 131 Å². The summed E-state index contributed by atoms with van der Waals surface area (Å²) in [6.45, 7) is 5.35. The summed E-state index contributed by atoms with van der Waals surface area (Å²) in [5.41, 5.74) is 1.17. The molecule has 1 aromatic rings. The van der Waals surface area contributed by atoms with Gasteiger partial charge in [-0.25, -0.2) is 0 Å². The van der Waals surface area contributed by atoms with Crippen LogP contribution >= 0.6 is 34.5 Å². The summed E-state index contributed by atoms with van der Waals surface area (Å²) in [6.07, 6.45) is 9.11. The van der Waals surface area contributed by atoms with E-state index in [2.05, 4.69) is 19.2 Å². The zero-order valence-corrected chi connectivity index (χ0v) is 14.3. The van der Waals surface area contributed by atoms with Crippen LogP contribution in [0.15, 0.2) is 6.07 Å². The number of hydrogen-bond acceptors (Lipinski definition) is 2. The van der Waals surface area contributed by atoms with Crippen LogP contribution in [0.5, 0.6) is 0 Å². The molecule has 1 unspecified atom stereocenters. The number of rotatable bonds is 10. The van der Waals surface area contributed by atoms with Gasteiger partial charge in [-0.05, 0) is 19.0 Å². The Morgan fingerprint density at radius 2 is 1.79 bits per heavy atom. The summed E-state index contributed by atoms with van der Waals surface area (Å²) in [7, 11) is 0. The van der Waals surface area contributed by atoms with Gasteiger partial charge >= 0.3 is 0 Å². The fourth-order valence-corrected chi connectivity index (χ4v) is 3.91. The van der Waals surface area contributed by atoms with Crippen LogP contribution in [-0.4, -0.2) is 6.54 Å². The van der Waals surface area contributed by atoms with Crippen LogP contribution in [0.2, 0.25) is 8.67 Å². The van der Waals surface area contributed by atoms with E-state index in [1.54, 1.807) is 0 Å². The highest BCUT2D eigenvalue weighted by Gasteiger charge is 2.16. The summed E-state index contributed by atoms with van der Waals surface area (Å²) < 4.78 is 1.62. The van der Waals surface area contributed by atoms with Crippen LogP contribution in [0.3, 0.4) is 0 Å². The van der Waals surface area contributed by atoms with Crippen molar-refractivity contribution in [1.29, 1.82) is 0 Å². The van der Waals surface area contributed by atoms with E-state index in [-0.39, 0.29) is 0 Å². The maximum atomic E-state index is 6.25. The van der Waals surface area contributed by atoms with Crippen LogP contribution in [0, 0.1) is 0 Å². The molecule has 1 heterocycles. The zero-order chi connectivity index (χ0) is 14.1. The lowest BCUT2D eigenvalue weighted by atomic mass is 10.0. The van der Waals surface area contributed by atoms with Gasteiger partial charge in [0.25, 0.3) is 0 Å². The predicted octanol–water partition coefficient (Wildman–Crippen LogP) is 6.46. The van der Waals surface area contributed by atoms with Crippen molar-refractivity contribution in [3.05, 3.63) is 20.3 Å². The van der Waals surface area contributed by atoms with Crippen molar-refractivity contribution < 1.29 is 0 Å². The standard InChI is InChI=1S/C15H25Cl2NS/c1-3-5-6-7-8-9-10-13(18-4-2)12-11-14(16)19-15(12)17/h11,13,18H,3-10H2,1-2H3. The fourth-order valence-electron chi connectivity index (χ4n) is 2.33. The molecule has 0 radical (unpaired) electrons. The molecular weight excluding hydrogens is 297 g/mol. The lowest BCUT2D eigenvalue weighted by molar-refractivity contribution is 0.478. The third-order valence-electron chi connectivity index (χ3n) is 3.36. The van der Waals surface area contributed by atoms with E-state index in [0.717, 1.165) is 21.6 Å². The van der Waals surface area contributed by atoms with Crippen molar-refractivity contribution in [3.63, 3.8) is 0 Å². The number of thiophene rings is 1. The number of hydrogen-bond donors (Lipinski definition) is 1. The van der Waals surface area contributed by atoms with E-state index in [0.29, 0.717) is 6.04 Å². The van der Waals surface area contributed by atoms with Crippen molar-refractivity contribution in [2.45, 2.75) is 64.8 Å². The van der Waals surface area contributed by atoms with Gasteiger partial charge in [-0.1, -0.05) is 75.6 Å². The SMILES string of the molecule is CCCCCCCCC(NCC)c1cc(Cl)sc1Cl. The van der Waals surface area contributed by atoms with E-state index in [4.69, 9.17) is 23.2 Å². The Kier molecular flexibility index (Phi) is 9.14. The molecule has 0 aromatic carbocycles. The third-order valence-corrected chi connectivity index (χ3v) is 4.87. The Bertz CT molecular complexity index is 352. The Morgan fingerprint density at radius 1 is 1.11 bits per heavy atom. The van der Waals surface area contributed by atoms with E-state index >= 15 is 0 Å². The molecule has 1 aromatic heterocycles. The molecule has 1 nitrogen and oxygen atoms in total. The van der Waals surface area contributed by atoms with Crippen LogP contribution in [0.1, 0.15) is 70.4 Å². The van der Waals surface area contributed by atoms with Crippen molar-refractivity contribution in [3.8, 4) is 0 Å². The molecule has 0 bridgehead atoms. The second-order valence-electron chi connectivity index (χ2n) is 4.95. The van der Waals surface area contributed by atoms with E-state index in [1.165, 1.54) is 55.4 Å². The highest BCUT2D eigenvalue weighted by molar-refractivity contribution is 7.20. The average Bonchev–Trinajstić information content (AvgIpc) is 2.71.